The maximum atomic E-state index is 11.7. The zero-order chi connectivity index (χ0) is 15.6. The number of nitrogens with one attached hydrogen (secondary N) is 1. The number of primary sulfonamides is 1. The van der Waals surface area contributed by atoms with Crippen molar-refractivity contribution >= 4 is 37.5 Å². The molecule has 0 fully saturated rings. The molecular formula is C12H17BrN2O4S. The molecule has 1 aromatic rings. The second-order valence-corrected chi connectivity index (χ2v) is 7.55. The quantitative estimate of drug-likeness (QED) is 0.851. The van der Waals surface area contributed by atoms with E-state index in [2.05, 4.69) is 21.2 Å². The van der Waals surface area contributed by atoms with Crippen molar-refractivity contribution in [2.75, 3.05) is 11.9 Å². The van der Waals surface area contributed by atoms with Crippen LogP contribution in [-0.4, -0.2) is 26.5 Å². The Bertz CT molecular complexity index is 608. The Labute approximate surface area is 126 Å². The number of halogens is 1. The Hall–Kier alpha value is -0.960. The number of carbonyl (C=O) groups is 1. The fourth-order valence-electron chi connectivity index (χ4n) is 1.24. The molecule has 0 aliphatic rings. The van der Waals surface area contributed by atoms with Gasteiger partial charge in [-0.15, -0.1) is 0 Å². The summed E-state index contributed by atoms with van der Waals surface area (Å²) in [5.41, 5.74) is 0.0337. The van der Waals surface area contributed by atoms with Crippen LogP contribution >= 0.6 is 15.9 Å². The minimum atomic E-state index is -3.77. The topological polar surface area (TPSA) is 98.5 Å². The first kappa shape index (κ1) is 17.1. The Morgan fingerprint density at radius 2 is 2.00 bits per heavy atom. The van der Waals surface area contributed by atoms with Crippen molar-refractivity contribution in [1.29, 1.82) is 0 Å². The normalized spacial score (nSPS) is 12.2. The first-order valence-electron chi connectivity index (χ1n) is 5.75. The van der Waals surface area contributed by atoms with Gasteiger partial charge in [-0.2, -0.15) is 0 Å². The van der Waals surface area contributed by atoms with E-state index < -0.39 is 15.6 Å². The van der Waals surface area contributed by atoms with E-state index in [-0.39, 0.29) is 17.4 Å². The number of hydrogen-bond donors (Lipinski definition) is 2. The van der Waals surface area contributed by atoms with Crippen molar-refractivity contribution < 1.29 is 17.9 Å². The van der Waals surface area contributed by atoms with Crippen LogP contribution in [-0.2, 0) is 19.6 Å². The summed E-state index contributed by atoms with van der Waals surface area (Å²) >= 11 is 3.18. The van der Waals surface area contributed by atoms with Crippen molar-refractivity contribution in [1.82, 2.24) is 0 Å². The van der Waals surface area contributed by atoms with Gasteiger partial charge in [-0.25, -0.2) is 13.6 Å². The lowest BCUT2D eigenvalue weighted by atomic mass is 10.2. The minimum absolute atomic E-state index is 0.0340. The molecule has 0 radical (unpaired) electrons. The molecule has 0 aliphatic heterocycles. The van der Waals surface area contributed by atoms with Gasteiger partial charge in [-0.3, -0.25) is 4.79 Å². The number of nitrogens with two attached hydrogens (primary N) is 1. The molecule has 8 heteroatoms. The maximum absolute atomic E-state index is 11.7. The Morgan fingerprint density at radius 1 is 1.40 bits per heavy atom. The van der Waals surface area contributed by atoms with Crippen LogP contribution in [0.4, 0.5) is 5.69 Å². The van der Waals surface area contributed by atoms with Gasteiger partial charge in [0.2, 0.25) is 15.9 Å². The van der Waals surface area contributed by atoms with Crippen LogP contribution < -0.4 is 10.5 Å². The number of ether oxygens (including phenoxy) is 1. The molecule has 0 heterocycles. The van der Waals surface area contributed by atoms with Crippen molar-refractivity contribution in [3.63, 3.8) is 0 Å². The van der Waals surface area contributed by atoms with E-state index in [1.54, 1.807) is 0 Å². The first-order chi connectivity index (χ1) is 8.99. The number of carbonyl (C=O) groups excluding carboxylic acids is 1. The minimum Gasteiger partial charge on any atom is -0.366 e. The molecule has 1 amide bonds. The van der Waals surface area contributed by atoms with Crippen molar-refractivity contribution in [2.24, 2.45) is 5.14 Å². The van der Waals surface area contributed by atoms with Crippen LogP contribution in [0, 0.1) is 0 Å². The second kappa shape index (κ2) is 6.21. The highest BCUT2D eigenvalue weighted by molar-refractivity contribution is 9.10. The van der Waals surface area contributed by atoms with E-state index in [9.17, 15) is 13.2 Å². The van der Waals surface area contributed by atoms with Crippen LogP contribution in [0.2, 0.25) is 0 Å². The summed E-state index contributed by atoms with van der Waals surface area (Å²) in [5.74, 6) is -0.330. The van der Waals surface area contributed by atoms with Gasteiger partial charge < -0.3 is 10.1 Å². The molecule has 0 aliphatic carbocycles. The summed E-state index contributed by atoms with van der Waals surface area (Å²) in [6, 6.07) is 4.11. The van der Waals surface area contributed by atoms with Gasteiger partial charge in [-0.1, -0.05) is 0 Å². The first-order valence-corrected chi connectivity index (χ1v) is 8.09. The van der Waals surface area contributed by atoms with E-state index in [1.165, 1.54) is 18.2 Å². The van der Waals surface area contributed by atoms with E-state index in [0.717, 1.165) is 0 Å². The van der Waals surface area contributed by atoms with Crippen molar-refractivity contribution in [3.05, 3.63) is 22.7 Å². The molecule has 0 saturated heterocycles. The maximum Gasteiger partial charge on any atom is 0.250 e. The Balaban J connectivity index is 2.77. The molecule has 3 N–H and O–H groups in total. The molecule has 1 aromatic carbocycles. The molecule has 0 spiro atoms. The highest BCUT2D eigenvalue weighted by Crippen LogP contribution is 2.25. The summed E-state index contributed by atoms with van der Waals surface area (Å²) in [4.78, 5) is 11.7. The zero-order valence-corrected chi connectivity index (χ0v) is 13.8. The fourth-order valence-corrected chi connectivity index (χ4v) is 2.41. The molecule has 6 nitrogen and oxygen atoms in total. The number of hydrogen-bond acceptors (Lipinski definition) is 4. The number of rotatable bonds is 4. The molecule has 0 bridgehead atoms. The van der Waals surface area contributed by atoms with E-state index in [0.29, 0.717) is 10.2 Å². The van der Waals surface area contributed by atoms with Gasteiger partial charge in [0.25, 0.3) is 0 Å². The van der Waals surface area contributed by atoms with Crippen LogP contribution in [0.15, 0.2) is 27.6 Å². The SMILES string of the molecule is CC(C)(C)OCC(=O)Nc1ccc(S(N)(=O)=O)cc1Br. The number of amides is 1. The molecule has 20 heavy (non-hydrogen) atoms. The summed E-state index contributed by atoms with van der Waals surface area (Å²) in [7, 11) is -3.77. The smallest absolute Gasteiger partial charge is 0.250 e. The largest absolute Gasteiger partial charge is 0.366 e. The molecule has 112 valence electrons. The Kier molecular flexibility index (Phi) is 5.31. The van der Waals surface area contributed by atoms with E-state index in [4.69, 9.17) is 9.88 Å². The van der Waals surface area contributed by atoms with Crippen molar-refractivity contribution in [3.8, 4) is 0 Å². The lowest BCUT2D eigenvalue weighted by Crippen LogP contribution is -2.27. The number of sulfonamides is 1. The van der Waals surface area contributed by atoms with Crippen LogP contribution in [0.3, 0.4) is 0 Å². The highest BCUT2D eigenvalue weighted by atomic mass is 79.9. The predicted molar refractivity (Wildman–Crippen MR) is 79.8 cm³/mol. The lowest BCUT2D eigenvalue weighted by Gasteiger charge is -2.19. The molecule has 1 rings (SSSR count). The standard InChI is InChI=1S/C12H17BrN2O4S/c1-12(2,3)19-7-11(16)15-10-5-4-8(6-9(10)13)20(14,17)18/h4-6H,7H2,1-3H3,(H,15,16)(H2,14,17,18). The monoisotopic (exact) mass is 364 g/mol. The van der Waals surface area contributed by atoms with Crippen LogP contribution in [0.25, 0.3) is 0 Å². The fraction of sp³-hybridized carbons (Fsp3) is 0.417. The second-order valence-electron chi connectivity index (χ2n) is 5.14. The molecule has 0 aromatic heterocycles. The molecule has 0 atom stereocenters. The van der Waals surface area contributed by atoms with Gasteiger partial charge >= 0.3 is 0 Å². The van der Waals surface area contributed by atoms with Crippen LogP contribution in [0.1, 0.15) is 20.8 Å². The molecular weight excluding hydrogens is 348 g/mol. The Morgan fingerprint density at radius 3 is 2.45 bits per heavy atom. The van der Waals surface area contributed by atoms with E-state index in [1.807, 2.05) is 20.8 Å². The molecule has 0 saturated carbocycles. The third-order valence-corrected chi connectivity index (χ3v) is 3.75. The highest BCUT2D eigenvalue weighted by Gasteiger charge is 2.15. The average Bonchev–Trinajstić information content (AvgIpc) is 2.27. The predicted octanol–water partition coefficient (Wildman–Crippen LogP) is 1.85. The van der Waals surface area contributed by atoms with Crippen LogP contribution in [0.5, 0.6) is 0 Å². The third-order valence-electron chi connectivity index (χ3n) is 2.18. The summed E-state index contributed by atoms with van der Waals surface area (Å²) in [5, 5.41) is 7.63. The van der Waals surface area contributed by atoms with Gasteiger partial charge in [0.05, 0.1) is 16.2 Å². The number of anilines is 1. The van der Waals surface area contributed by atoms with Crippen molar-refractivity contribution in [2.45, 2.75) is 31.3 Å². The summed E-state index contributed by atoms with van der Waals surface area (Å²) in [6.07, 6.45) is 0. The zero-order valence-electron chi connectivity index (χ0n) is 11.4. The van der Waals surface area contributed by atoms with Gasteiger partial charge in [0.1, 0.15) is 6.61 Å². The van der Waals surface area contributed by atoms with Gasteiger partial charge in [0, 0.05) is 4.47 Å². The molecule has 0 unspecified atom stereocenters. The number of benzene rings is 1. The van der Waals surface area contributed by atoms with Gasteiger partial charge in [-0.05, 0) is 54.9 Å². The average molecular weight is 365 g/mol. The van der Waals surface area contributed by atoms with E-state index >= 15 is 0 Å². The third kappa shape index (κ3) is 5.58. The summed E-state index contributed by atoms with van der Waals surface area (Å²) < 4.78 is 28.1. The van der Waals surface area contributed by atoms with Gasteiger partial charge in [0.15, 0.2) is 0 Å². The summed E-state index contributed by atoms with van der Waals surface area (Å²) in [6.45, 7) is 5.44. The lowest BCUT2D eigenvalue weighted by molar-refractivity contribution is -0.125.